The molecule has 0 saturated heterocycles. The summed E-state index contributed by atoms with van der Waals surface area (Å²) >= 11 is 0. The van der Waals surface area contributed by atoms with Crippen LogP contribution in [0.1, 0.15) is 51.9 Å². The Labute approximate surface area is 152 Å². The second-order valence-corrected chi connectivity index (χ2v) is 6.51. The standard InChI is InChI=1S/C20H24N2O4/c1-11-6-7-16(10-12(11)2)19(24)14(4)26-18(23)9-8-17-13(3)21-15(5)22-20(17)25/h6-7,10,14H,8-9H2,1-5H3,(H,21,22,25)/t14-/m1/s1. The first kappa shape index (κ1) is 19.6. The third-order valence-electron chi connectivity index (χ3n) is 4.39. The Bertz CT molecular complexity index is 899. The molecule has 2 rings (SSSR count). The maximum absolute atomic E-state index is 12.4. The lowest BCUT2D eigenvalue weighted by Gasteiger charge is -2.13. The molecule has 1 heterocycles. The van der Waals surface area contributed by atoms with Crippen LogP contribution in [0.25, 0.3) is 0 Å². The van der Waals surface area contributed by atoms with Crippen molar-refractivity contribution in [1.29, 1.82) is 0 Å². The number of Topliss-reactive ketones (excluding diaryl/α,β-unsaturated/α-hetero) is 1. The fourth-order valence-electron chi connectivity index (χ4n) is 2.71. The summed E-state index contributed by atoms with van der Waals surface area (Å²) in [4.78, 5) is 43.2. The number of aromatic nitrogens is 2. The molecule has 0 saturated carbocycles. The highest BCUT2D eigenvalue weighted by Crippen LogP contribution is 2.13. The van der Waals surface area contributed by atoms with Gasteiger partial charge in [-0.1, -0.05) is 12.1 Å². The summed E-state index contributed by atoms with van der Waals surface area (Å²) in [5.41, 5.74) is 3.43. The first-order chi connectivity index (χ1) is 12.2. The average Bonchev–Trinajstić information content (AvgIpc) is 2.55. The largest absolute Gasteiger partial charge is 0.454 e. The molecular weight excluding hydrogens is 332 g/mol. The number of hydrogen-bond donors (Lipinski definition) is 1. The van der Waals surface area contributed by atoms with Crippen LogP contribution in [0.15, 0.2) is 23.0 Å². The van der Waals surface area contributed by atoms with Gasteiger partial charge in [-0.05, 0) is 58.2 Å². The topological polar surface area (TPSA) is 89.1 Å². The molecule has 0 fully saturated rings. The van der Waals surface area contributed by atoms with Crippen molar-refractivity contribution in [1.82, 2.24) is 9.97 Å². The van der Waals surface area contributed by atoms with Gasteiger partial charge in [-0.2, -0.15) is 0 Å². The number of esters is 1. The van der Waals surface area contributed by atoms with Crippen molar-refractivity contribution < 1.29 is 14.3 Å². The molecule has 0 radical (unpaired) electrons. The minimum atomic E-state index is -0.875. The van der Waals surface area contributed by atoms with E-state index in [0.717, 1.165) is 11.1 Å². The van der Waals surface area contributed by atoms with Crippen LogP contribution in [0.2, 0.25) is 0 Å². The van der Waals surface area contributed by atoms with E-state index in [0.29, 0.717) is 22.6 Å². The van der Waals surface area contributed by atoms with Gasteiger partial charge in [0.1, 0.15) is 5.82 Å². The van der Waals surface area contributed by atoms with Crippen molar-refractivity contribution in [2.24, 2.45) is 0 Å². The maximum Gasteiger partial charge on any atom is 0.306 e. The van der Waals surface area contributed by atoms with E-state index < -0.39 is 12.1 Å². The lowest BCUT2D eigenvalue weighted by molar-refractivity contribution is -0.146. The number of ether oxygens (including phenoxy) is 1. The van der Waals surface area contributed by atoms with Gasteiger partial charge in [0.25, 0.3) is 5.56 Å². The average molecular weight is 356 g/mol. The van der Waals surface area contributed by atoms with Crippen LogP contribution < -0.4 is 5.56 Å². The van der Waals surface area contributed by atoms with Crippen LogP contribution >= 0.6 is 0 Å². The predicted molar refractivity (Wildman–Crippen MR) is 98.5 cm³/mol. The Morgan fingerprint density at radius 1 is 1.15 bits per heavy atom. The number of carbonyl (C=O) groups is 2. The van der Waals surface area contributed by atoms with Gasteiger partial charge in [-0.25, -0.2) is 4.98 Å². The number of ketones is 1. The van der Waals surface area contributed by atoms with Gasteiger partial charge in [0.2, 0.25) is 5.78 Å². The molecule has 0 aliphatic carbocycles. The molecule has 1 aromatic heterocycles. The van der Waals surface area contributed by atoms with Crippen molar-refractivity contribution in [2.75, 3.05) is 0 Å². The van der Waals surface area contributed by atoms with E-state index in [-0.39, 0.29) is 24.2 Å². The van der Waals surface area contributed by atoms with Gasteiger partial charge in [-0.3, -0.25) is 14.4 Å². The SMILES string of the molecule is Cc1nc(C)c(CCC(=O)O[C@H](C)C(=O)c2ccc(C)c(C)c2)c(=O)[nH]1. The number of carbonyl (C=O) groups excluding carboxylic acids is 2. The van der Waals surface area contributed by atoms with Gasteiger partial charge in [0.15, 0.2) is 6.10 Å². The monoisotopic (exact) mass is 356 g/mol. The van der Waals surface area contributed by atoms with Crippen LogP contribution in [0.3, 0.4) is 0 Å². The van der Waals surface area contributed by atoms with E-state index >= 15 is 0 Å². The van der Waals surface area contributed by atoms with Gasteiger partial charge >= 0.3 is 5.97 Å². The smallest absolute Gasteiger partial charge is 0.306 e. The highest BCUT2D eigenvalue weighted by atomic mass is 16.5. The lowest BCUT2D eigenvalue weighted by atomic mass is 10.0. The number of aryl methyl sites for hydroxylation is 4. The molecule has 0 amide bonds. The van der Waals surface area contributed by atoms with E-state index in [9.17, 15) is 14.4 Å². The van der Waals surface area contributed by atoms with Gasteiger partial charge in [0, 0.05) is 23.2 Å². The number of benzene rings is 1. The first-order valence-corrected chi connectivity index (χ1v) is 8.56. The molecule has 1 N–H and O–H groups in total. The van der Waals surface area contributed by atoms with Gasteiger partial charge in [0.05, 0.1) is 0 Å². The van der Waals surface area contributed by atoms with Crippen molar-refractivity contribution in [2.45, 2.75) is 53.6 Å². The molecule has 1 atom stereocenters. The number of nitrogens with zero attached hydrogens (tertiary/aromatic N) is 1. The van der Waals surface area contributed by atoms with Crippen molar-refractivity contribution in [3.63, 3.8) is 0 Å². The van der Waals surface area contributed by atoms with E-state index in [1.165, 1.54) is 0 Å². The highest BCUT2D eigenvalue weighted by molar-refractivity contribution is 6.00. The second kappa shape index (κ2) is 8.08. The zero-order valence-electron chi connectivity index (χ0n) is 15.8. The molecule has 0 aliphatic heterocycles. The zero-order chi connectivity index (χ0) is 19.4. The van der Waals surface area contributed by atoms with Crippen LogP contribution in [0.4, 0.5) is 0 Å². The molecule has 138 valence electrons. The predicted octanol–water partition coefficient (Wildman–Crippen LogP) is 2.75. The summed E-state index contributed by atoms with van der Waals surface area (Å²) in [7, 11) is 0. The normalized spacial score (nSPS) is 11.9. The number of aromatic amines is 1. The molecule has 0 aliphatic rings. The summed E-state index contributed by atoms with van der Waals surface area (Å²) in [6.45, 7) is 8.89. The molecular formula is C20H24N2O4. The maximum atomic E-state index is 12.4. The van der Waals surface area contributed by atoms with Crippen LogP contribution in [-0.4, -0.2) is 27.8 Å². The van der Waals surface area contributed by atoms with E-state index in [2.05, 4.69) is 9.97 Å². The van der Waals surface area contributed by atoms with Crippen molar-refractivity contribution >= 4 is 11.8 Å². The summed E-state index contributed by atoms with van der Waals surface area (Å²) < 4.78 is 5.24. The number of rotatable bonds is 6. The molecule has 0 unspecified atom stereocenters. The fourth-order valence-corrected chi connectivity index (χ4v) is 2.71. The molecule has 6 nitrogen and oxygen atoms in total. The van der Waals surface area contributed by atoms with Crippen LogP contribution in [0, 0.1) is 27.7 Å². The van der Waals surface area contributed by atoms with Crippen LogP contribution in [0.5, 0.6) is 0 Å². The highest BCUT2D eigenvalue weighted by Gasteiger charge is 2.20. The third kappa shape index (κ3) is 4.65. The lowest BCUT2D eigenvalue weighted by Crippen LogP contribution is -2.25. The minimum absolute atomic E-state index is 0.0131. The van der Waals surface area contributed by atoms with E-state index in [4.69, 9.17) is 4.74 Å². The number of H-pyrrole nitrogens is 1. The van der Waals surface area contributed by atoms with E-state index in [1.807, 2.05) is 19.9 Å². The number of nitrogens with one attached hydrogen (secondary N) is 1. The quantitative estimate of drug-likeness (QED) is 0.635. The summed E-state index contributed by atoms with van der Waals surface area (Å²) in [5, 5.41) is 0. The molecule has 1 aromatic carbocycles. The Hall–Kier alpha value is -2.76. The molecule has 0 bridgehead atoms. The third-order valence-corrected chi connectivity index (χ3v) is 4.39. The minimum Gasteiger partial charge on any atom is -0.454 e. The summed E-state index contributed by atoms with van der Waals surface area (Å²) in [6, 6.07) is 5.40. The Kier molecular flexibility index (Phi) is 6.08. The Morgan fingerprint density at radius 2 is 1.85 bits per heavy atom. The second-order valence-electron chi connectivity index (χ2n) is 6.51. The van der Waals surface area contributed by atoms with E-state index in [1.54, 1.807) is 32.9 Å². The fraction of sp³-hybridized carbons (Fsp3) is 0.400. The summed E-state index contributed by atoms with van der Waals surface area (Å²) in [5.74, 6) is -0.229. The van der Waals surface area contributed by atoms with Crippen molar-refractivity contribution in [3.8, 4) is 0 Å². The first-order valence-electron chi connectivity index (χ1n) is 8.56. The Balaban J connectivity index is 1.98. The summed E-state index contributed by atoms with van der Waals surface area (Å²) in [6.07, 6.45) is -0.642. The van der Waals surface area contributed by atoms with Gasteiger partial charge in [-0.15, -0.1) is 0 Å². The van der Waals surface area contributed by atoms with Crippen molar-refractivity contribution in [3.05, 3.63) is 62.3 Å². The Morgan fingerprint density at radius 3 is 2.46 bits per heavy atom. The van der Waals surface area contributed by atoms with Crippen LogP contribution in [-0.2, 0) is 16.0 Å². The molecule has 6 heteroatoms. The van der Waals surface area contributed by atoms with Gasteiger partial charge < -0.3 is 9.72 Å². The molecule has 0 spiro atoms. The molecule has 2 aromatic rings. The molecule has 26 heavy (non-hydrogen) atoms. The number of hydrogen-bond acceptors (Lipinski definition) is 5. The zero-order valence-corrected chi connectivity index (χ0v) is 15.8.